The molecule has 3 heterocycles. The lowest BCUT2D eigenvalue weighted by molar-refractivity contribution is -0.143. The van der Waals surface area contributed by atoms with Crippen molar-refractivity contribution in [3.63, 3.8) is 0 Å². The Balaban J connectivity index is 1.68. The van der Waals surface area contributed by atoms with E-state index in [-0.39, 0.29) is 11.5 Å². The summed E-state index contributed by atoms with van der Waals surface area (Å²) in [5.74, 6) is 1.57. The van der Waals surface area contributed by atoms with Crippen LogP contribution in [0.5, 0.6) is 11.5 Å². The Morgan fingerprint density at radius 3 is 2.44 bits per heavy atom. The Labute approximate surface area is 186 Å². The minimum Gasteiger partial charge on any atom is -0.496 e. The molecule has 1 aliphatic heterocycles. The van der Waals surface area contributed by atoms with Gasteiger partial charge in [0.1, 0.15) is 11.5 Å². The zero-order chi connectivity index (χ0) is 22.8. The molecular weight excluding hydrogens is 410 g/mol. The number of ether oxygens (including phenoxy) is 3. The van der Waals surface area contributed by atoms with Gasteiger partial charge in [-0.2, -0.15) is 0 Å². The number of benzene rings is 1. The summed E-state index contributed by atoms with van der Waals surface area (Å²) in [6.45, 7) is 2.30. The van der Waals surface area contributed by atoms with Crippen LogP contribution in [0.4, 0.5) is 0 Å². The summed E-state index contributed by atoms with van der Waals surface area (Å²) in [6.07, 6.45) is 5.54. The van der Waals surface area contributed by atoms with Gasteiger partial charge in [-0.1, -0.05) is 0 Å². The molecule has 8 nitrogen and oxygen atoms in total. The van der Waals surface area contributed by atoms with Crippen LogP contribution in [-0.2, 0) is 23.1 Å². The van der Waals surface area contributed by atoms with Gasteiger partial charge in [0.05, 0.1) is 38.7 Å². The van der Waals surface area contributed by atoms with Crippen LogP contribution in [0.1, 0.15) is 12.0 Å². The van der Waals surface area contributed by atoms with Crippen molar-refractivity contribution < 1.29 is 19.0 Å². The summed E-state index contributed by atoms with van der Waals surface area (Å²) in [4.78, 5) is 30.4. The van der Waals surface area contributed by atoms with Gasteiger partial charge in [-0.05, 0) is 35.1 Å². The number of methoxy groups -OCH3 is 3. The van der Waals surface area contributed by atoms with E-state index in [4.69, 9.17) is 14.2 Å². The zero-order valence-corrected chi connectivity index (χ0v) is 18.8. The van der Waals surface area contributed by atoms with Crippen molar-refractivity contribution in [1.29, 1.82) is 0 Å². The van der Waals surface area contributed by atoms with Crippen LogP contribution in [0.3, 0.4) is 0 Å². The lowest BCUT2D eigenvalue weighted by Gasteiger charge is -2.39. The predicted octanol–water partition coefficient (Wildman–Crippen LogP) is 2.61. The van der Waals surface area contributed by atoms with Gasteiger partial charge < -0.3 is 18.8 Å². The average molecular weight is 437 g/mol. The van der Waals surface area contributed by atoms with Crippen LogP contribution in [0.2, 0.25) is 0 Å². The Kier molecular flexibility index (Phi) is 6.14. The molecule has 1 aromatic carbocycles. The fourth-order valence-corrected chi connectivity index (χ4v) is 4.31. The summed E-state index contributed by atoms with van der Waals surface area (Å²) in [5, 5.41) is 1.39. The number of hydrogen-bond donors (Lipinski definition) is 0. The largest absolute Gasteiger partial charge is 0.496 e. The minimum absolute atomic E-state index is 0.0910. The number of carbonyl (C=O) groups is 1. The number of esters is 1. The first-order valence-electron chi connectivity index (χ1n) is 10.4. The first-order valence-corrected chi connectivity index (χ1v) is 10.4. The molecular formula is C24H27N3O5. The number of aromatic nitrogens is 2. The molecule has 168 valence electrons. The maximum absolute atomic E-state index is 12.5. The molecule has 0 bridgehead atoms. The Morgan fingerprint density at radius 2 is 1.81 bits per heavy atom. The molecule has 1 saturated heterocycles. The summed E-state index contributed by atoms with van der Waals surface area (Å²) < 4.78 is 17.8. The van der Waals surface area contributed by atoms with E-state index in [9.17, 15) is 9.59 Å². The fraction of sp³-hybridized carbons (Fsp3) is 0.375. The standard InChI is InChI=1S/C24H27N3O5/c1-26-13-19(17-5-6-25-10-18(17)24(26)29)16-8-21(30-2)20(22(9-16)31-3)14-27-11-15(12-27)7-23(28)32-4/h5-6,8-10,13,15H,7,11-12,14H2,1-4H3. The third-order valence-corrected chi connectivity index (χ3v) is 6.00. The fourth-order valence-electron chi connectivity index (χ4n) is 4.31. The van der Waals surface area contributed by atoms with Crippen molar-refractivity contribution in [2.45, 2.75) is 13.0 Å². The van der Waals surface area contributed by atoms with Crippen LogP contribution >= 0.6 is 0 Å². The first-order chi connectivity index (χ1) is 15.4. The normalized spacial score (nSPS) is 14.2. The van der Waals surface area contributed by atoms with E-state index >= 15 is 0 Å². The van der Waals surface area contributed by atoms with Crippen LogP contribution < -0.4 is 15.0 Å². The van der Waals surface area contributed by atoms with E-state index in [0.717, 1.165) is 35.2 Å². The SMILES string of the molecule is COC(=O)CC1CN(Cc2c(OC)cc(-c3cn(C)c(=O)c4cnccc34)cc2OC)C1. The Morgan fingerprint density at radius 1 is 1.12 bits per heavy atom. The summed E-state index contributed by atoms with van der Waals surface area (Å²) in [7, 11) is 6.43. The Bertz CT molecular complexity index is 1190. The van der Waals surface area contributed by atoms with E-state index in [2.05, 4.69) is 9.88 Å². The van der Waals surface area contributed by atoms with E-state index in [1.165, 1.54) is 7.11 Å². The number of carbonyl (C=O) groups excluding carboxylic acids is 1. The van der Waals surface area contributed by atoms with Crippen molar-refractivity contribution in [2.24, 2.45) is 13.0 Å². The number of hydrogen-bond acceptors (Lipinski definition) is 7. The molecule has 0 aliphatic carbocycles. The van der Waals surface area contributed by atoms with Crippen LogP contribution in [0.15, 0.2) is 41.6 Å². The quantitative estimate of drug-likeness (QED) is 0.526. The molecule has 4 rings (SSSR count). The molecule has 0 unspecified atom stereocenters. The Hall–Kier alpha value is -3.39. The van der Waals surface area contributed by atoms with Gasteiger partial charge in [-0.3, -0.25) is 19.5 Å². The van der Waals surface area contributed by atoms with Crippen molar-refractivity contribution in [2.75, 3.05) is 34.4 Å². The van der Waals surface area contributed by atoms with Gasteiger partial charge in [0.25, 0.3) is 5.56 Å². The van der Waals surface area contributed by atoms with E-state index in [0.29, 0.717) is 35.8 Å². The summed E-state index contributed by atoms with van der Waals surface area (Å²) in [6, 6.07) is 5.80. The number of rotatable bonds is 7. The molecule has 0 N–H and O–H groups in total. The smallest absolute Gasteiger partial charge is 0.305 e. The molecule has 1 fully saturated rings. The second-order valence-corrected chi connectivity index (χ2v) is 8.08. The molecule has 0 atom stereocenters. The van der Waals surface area contributed by atoms with Crippen LogP contribution in [0.25, 0.3) is 21.9 Å². The minimum atomic E-state index is -0.172. The topological polar surface area (TPSA) is 82.9 Å². The summed E-state index contributed by atoms with van der Waals surface area (Å²) in [5.41, 5.74) is 2.65. The highest BCUT2D eigenvalue weighted by Gasteiger charge is 2.30. The van der Waals surface area contributed by atoms with Crippen molar-refractivity contribution in [3.05, 3.63) is 52.7 Å². The highest BCUT2D eigenvalue weighted by atomic mass is 16.5. The maximum Gasteiger partial charge on any atom is 0.305 e. The number of aryl methyl sites for hydroxylation is 1. The highest BCUT2D eigenvalue weighted by molar-refractivity contribution is 5.95. The number of fused-ring (bicyclic) bond motifs is 1. The van der Waals surface area contributed by atoms with Crippen LogP contribution in [0, 0.1) is 5.92 Å². The van der Waals surface area contributed by atoms with Crippen molar-refractivity contribution >= 4 is 16.7 Å². The third kappa shape index (κ3) is 4.05. The monoisotopic (exact) mass is 437 g/mol. The van der Waals surface area contributed by atoms with Gasteiger partial charge in [-0.15, -0.1) is 0 Å². The van der Waals surface area contributed by atoms with E-state index in [1.54, 1.807) is 38.2 Å². The van der Waals surface area contributed by atoms with Gasteiger partial charge in [-0.25, -0.2) is 0 Å². The van der Waals surface area contributed by atoms with E-state index in [1.807, 2.05) is 24.4 Å². The molecule has 0 saturated carbocycles. The van der Waals surface area contributed by atoms with Gasteiger partial charge in [0.2, 0.25) is 0 Å². The lowest BCUT2D eigenvalue weighted by atomic mass is 9.94. The molecule has 2 aromatic heterocycles. The number of pyridine rings is 2. The first kappa shape index (κ1) is 21.8. The second-order valence-electron chi connectivity index (χ2n) is 8.08. The average Bonchev–Trinajstić information content (AvgIpc) is 2.79. The predicted molar refractivity (Wildman–Crippen MR) is 121 cm³/mol. The maximum atomic E-state index is 12.5. The second kappa shape index (κ2) is 9.00. The zero-order valence-electron chi connectivity index (χ0n) is 18.8. The number of nitrogens with zero attached hydrogens (tertiary/aromatic N) is 3. The lowest BCUT2D eigenvalue weighted by Crippen LogP contribution is -2.46. The summed E-state index contributed by atoms with van der Waals surface area (Å²) >= 11 is 0. The molecule has 32 heavy (non-hydrogen) atoms. The molecule has 8 heteroatoms. The molecule has 0 amide bonds. The molecule has 3 aromatic rings. The third-order valence-electron chi connectivity index (χ3n) is 6.00. The van der Waals surface area contributed by atoms with Gasteiger partial charge >= 0.3 is 5.97 Å². The number of likely N-dealkylation sites (tertiary alicyclic amines) is 1. The van der Waals surface area contributed by atoms with Gasteiger partial charge in [0.15, 0.2) is 0 Å². The molecule has 0 radical (unpaired) electrons. The molecule has 0 spiro atoms. The van der Waals surface area contributed by atoms with Gasteiger partial charge in [0, 0.05) is 50.8 Å². The highest BCUT2D eigenvalue weighted by Crippen LogP contribution is 2.38. The van der Waals surface area contributed by atoms with Crippen molar-refractivity contribution in [3.8, 4) is 22.6 Å². The molecule has 1 aliphatic rings. The van der Waals surface area contributed by atoms with E-state index < -0.39 is 0 Å². The van der Waals surface area contributed by atoms with Crippen LogP contribution in [-0.4, -0.2) is 54.8 Å². The van der Waals surface area contributed by atoms with Crippen molar-refractivity contribution in [1.82, 2.24) is 14.5 Å².